The van der Waals surface area contributed by atoms with E-state index in [-0.39, 0.29) is 26.4 Å². The number of hydrogen-bond donors (Lipinski definition) is 1. The molecular formula is C40H45N3O13. The van der Waals surface area contributed by atoms with Crippen molar-refractivity contribution in [1.82, 2.24) is 15.0 Å². The van der Waals surface area contributed by atoms with Crippen LogP contribution in [-0.2, 0) is 70.2 Å². The molecule has 11 atom stereocenters. The van der Waals surface area contributed by atoms with Gasteiger partial charge in [0.2, 0.25) is 0 Å². The molecule has 1 N–H and O–H groups in total. The Morgan fingerprint density at radius 3 is 2.20 bits per heavy atom. The molecule has 7 rings (SSSR count). The summed E-state index contributed by atoms with van der Waals surface area (Å²) in [4.78, 5) is 24.7. The zero-order valence-corrected chi connectivity index (χ0v) is 31.1. The molecule has 3 fully saturated rings. The number of benzene rings is 3. The quantitative estimate of drug-likeness (QED) is 0.185. The van der Waals surface area contributed by atoms with Crippen molar-refractivity contribution in [1.29, 1.82) is 0 Å². The predicted octanol–water partition coefficient (Wildman–Crippen LogP) is 3.19. The Hall–Kier alpha value is -4.62. The Morgan fingerprint density at radius 1 is 0.804 bits per heavy atom. The van der Waals surface area contributed by atoms with Crippen LogP contribution in [0.4, 0.5) is 0 Å². The van der Waals surface area contributed by atoms with Crippen LogP contribution in [0.1, 0.15) is 37.0 Å². The Balaban J connectivity index is 1.23. The number of hydrogen-bond acceptors (Lipinski definition) is 15. The van der Waals surface area contributed by atoms with E-state index in [9.17, 15) is 14.7 Å². The van der Waals surface area contributed by atoms with Gasteiger partial charge in [0.15, 0.2) is 25.0 Å². The van der Waals surface area contributed by atoms with E-state index in [1.807, 2.05) is 91.0 Å². The van der Waals surface area contributed by atoms with E-state index in [4.69, 9.17) is 47.4 Å². The van der Waals surface area contributed by atoms with E-state index >= 15 is 0 Å². The molecular weight excluding hydrogens is 730 g/mol. The zero-order chi connectivity index (χ0) is 39.0. The molecule has 3 aliphatic heterocycles. The van der Waals surface area contributed by atoms with Crippen LogP contribution in [-0.4, -0.2) is 114 Å². The molecule has 0 spiro atoms. The van der Waals surface area contributed by atoms with Gasteiger partial charge < -0.3 is 52.5 Å². The van der Waals surface area contributed by atoms with Gasteiger partial charge in [-0.3, -0.25) is 9.59 Å². The van der Waals surface area contributed by atoms with Crippen molar-refractivity contribution in [2.45, 2.75) is 94.8 Å². The van der Waals surface area contributed by atoms with Crippen molar-refractivity contribution >= 4 is 11.9 Å². The second kappa shape index (κ2) is 18.5. The third kappa shape index (κ3) is 9.49. The van der Waals surface area contributed by atoms with E-state index in [0.29, 0.717) is 5.69 Å². The summed E-state index contributed by atoms with van der Waals surface area (Å²) < 4.78 is 63.3. The fourth-order valence-corrected chi connectivity index (χ4v) is 6.89. The highest BCUT2D eigenvalue weighted by Gasteiger charge is 2.56. The van der Waals surface area contributed by atoms with E-state index < -0.39 is 79.6 Å². The Kier molecular flexibility index (Phi) is 13.1. The van der Waals surface area contributed by atoms with Crippen LogP contribution in [0.3, 0.4) is 0 Å². The number of aromatic nitrogens is 3. The molecule has 3 aliphatic rings. The van der Waals surface area contributed by atoms with Crippen molar-refractivity contribution in [3.8, 4) is 5.69 Å². The number of aliphatic hydroxyl groups is 1. The first kappa shape index (κ1) is 39.6. The lowest BCUT2D eigenvalue weighted by Gasteiger charge is -2.50. The lowest BCUT2D eigenvalue weighted by molar-refractivity contribution is -0.394. The first-order valence-corrected chi connectivity index (χ1v) is 18.3. The summed E-state index contributed by atoms with van der Waals surface area (Å²) in [5, 5.41) is 20.3. The monoisotopic (exact) mass is 775 g/mol. The number of para-hydroxylation sites is 1. The van der Waals surface area contributed by atoms with Gasteiger partial charge in [0.05, 0.1) is 31.7 Å². The molecule has 4 aromatic rings. The maximum Gasteiger partial charge on any atom is 0.303 e. The molecule has 1 aromatic heterocycles. The number of carbonyl (C=O) groups excluding carboxylic acids is 2. The SMILES string of the molecule is CO[C@H]1O[C@@H]2CO[C@@H](c3ccccc3)O[C@H]2[C@H](OC2O[C@H](COC(C)=O)[C@@H](OC(C)=O)[C@H](OCc3ccccc3)[C@H]2OCc2cn(-c3ccccc3)nn2)[C@H]1O. The van der Waals surface area contributed by atoms with Crippen LogP contribution in [0.15, 0.2) is 97.2 Å². The van der Waals surface area contributed by atoms with Crippen molar-refractivity contribution in [2.24, 2.45) is 0 Å². The van der Waals surface area contributed by atoms with Crippen molar-refractivity contribution in [3.63, 3.8) is 0 Å². The number of rotatable bonds is 14. The Morgan fingerprint density at radius 2 is 1.50 bits per heavy atom. The van der Waals surface area contributed by atoms with Crippen LogP contribution < -0.4 is 0 Å². The minimum Gasteiger partial charge on any atom is -0.463 e. The fourth-order valence-electron chi connectivity index (χ4n) is 6.89. The molecule has 0 radical (unpaired) electrons. The average molecular weight is 776 g/mol. The van der Waals surface area contributed by atoms with Gasteiger partial charge >= 0.3 is 11.9 Å². The number of aliphatic hydroxyl groups excluding tert-OH is 1. The van der Waals surface area contributed by atoms with Crippen LogP contribution in [0.2, 0.25) is 0 Å². The summed E-state index contributed by atoms with van der Waals surface area (Å²) in [6, 6.07) is 28.2. The van der Waals surface area contributed by atoms with E-state index in [2.05, 4.69) is 10.3 Å². The molecule has 56 heavy (non-hydrogen) atoms. The van der Waals surface area contributed by atoms with Gasteiger partial charge in [0, 0.05) is 26.5 Å². The second-order valence-electron chi connectivity index (χ2n) is 13.5. The van der Waals surface area contributed by atoms with Crippen LogP contribution in [0, 0.1) is 0 Å². The predicted molar refractivity (Wildman–Crippen MR) is 192 cm³/mol. The van der Waals surface area contributed by atoms with Crippen LogP contribution in [0.25, 0.3) is 5.69 Å². The maximum absolute atomic E-state index is 12.6. The summed E-state index contributed by atoms with van der Waals surface area (Å²) in [6.45, 7) is 2.27. The molecule has 0 bridgehead atoms. The van der Waals surface area contributed by atoms with Crippen molar-refractivity contribution in [3.05, 3.63) is 114 Å². The molecule has 4 heterocycles. The normalized spacial score (nSPS) is 30.2. The third-order valence-corrected chi connectivity index (χ3v) is 9.52. The fraction of sp³-hybridized carbons (Fsp3) is 0.450. The first-order chi connectivity index (χ1) is 27.3. The summed E-state index contributed by atoms with van der Waals surface area (Å²) in [5.41, 5.74) is 2.84. The number of nitrogens with zero attached hydrogens (tertiary/aromatic N) is 3. The summed E-state index contributed by atoms with van der Waals surface area (Å²) >= 11 is 0. The standard InChI is InChI=1S/C40H45N3O13/c1-24(44)48-22-30-34(52-25(2)45)36(49-20-26-13-7-4-8-14-26)37(50-21-28-19-43(42-41-28)29-17-11-6-12-18-29)40(54-30)56-35-32(46)39(47-3)53-31-23-51-38(55-33(31)35)27-15-9-5-10-16-27/h4-19,30-40,46H,20-23H2,1-3H3/t30-,31-,32-,33-,34-,35-,36+,37-,38-,39+,40?/m1/s1. The van der Waals surface area contributed by atoms with Crippen LogP contribution >= 0.6 is 0 Å². The lowest BCUT2D eigenvalue weighted by Crippen LogP contribution is -2.67. The minimum absolute atomic E-state index is 0.0792. The second-order valence-corrected chi connectivity index (χ2v) is 13.5. The van der Waals surface area contributed by atoms with Gasteiger partial charge in [0.25, 0.3) is 0 Å². The molecule has 1 unspecified atom stereocenters. The zero-order valence-electron chi connectivity index (χ0n) is 31.1. The molecule has 16 nitrogen and oxygen atoms in total. The lowest BCUT2D eigenvalue weighted by atomic mass is 9.95. The summed E-state index contributed by atoms with van der Waals surface area (Å²) in [5.74, 6) is -1.21. The van der Waals surface area contributed by atoms with Crippen molar-refractivity contribution in [2.75, 3.05) is 20.3 Å². The molecule has 3 aromatic carbocycles. The highest BCUT2D eigenvalue weighted by Crippen LogP contribution is 2.38. The average Bonchev–Trinajstić information content (AvgIpc) is 3.70. The number of esters is 2. The Bertz CT molecular complexity index is 1850. The van der Waals surface area contributed by atoms with E-state index in [1.54, 1.807) is 10.9 Å². The third-order valence-electron chi connectivity index (χ3n) is 9.52. The maximum atomic E-state index is 12.6. The van der Waals surface area contributed by atoms with Gasteiger partial charge in [0.1, 0.15) is 55.0 Å². The molecule has 0 saturated carbocycles. The minimum atomic E-state index is -1.38. The molecule has 16 heteroatoms. The van der Waals surface area contributed by atoms with E-state index in [1.165, 1.54) is 21.0 Å². The van der Waals surface area contributed by atoms with E-state index in [0.717, 1.165) is 16.8 Å². The highest BCUT2D eigenvalue weighted by molar-refractivity contribution is 5.66. The number of fused-ring (bicyclic) bond motifs is 1. The Labute approximate surface area is 323 Å². The summed E-state index contributed by atoms with van der Waals surface area (Å²) in [6.07, 6.45) is -10.1. The number of ether oxygens (including phenoxy) is 10. The van der Waals surface area contributed by atoms with Gasteiger partial charge in [-0.05, 0) is 17.7 Å². The van der Waals surface area contributed by atoms with Gasteiger partial charge in [-0.15, -0.1) is 5.10 Å². The largest absolute Gasteiger partial charge is 0.463 e. The number of methoxy groups -OCH3 is 1. The smallest absolute Gasteiger partial charge is 0.303 e. The number of carbonyl (C=O) groups is 2. The molecule has 0 aliphatic carbocycles. The summed E-state index contributed by atoms with van der Waals surface area (Å²) in [7, 11) is 1.40. The molecule has 3 saturated heterocycles. The van der Waals surface area contributed by atoms with Gasteiger partial charge in [-0.1, -0.05) is 84.1 Å². The molecule has 0 amide bonds. The van der Waals surface area contributed by atoms with Crippen molar-refractivity contribution < 1.29 is 62.1 Å². The highest BCUT2D eigenvalue weighted by atomic mass is 16.8. The van der Waals surface area contributed by atoms with Gasteiger partial charge in [-0.25, -0.2) is 4.68 Å². The van der Waals surface area contributed by atoms with Gasteiger partial charge in [-0.2, -0.15) is 0 Å². The van der Waals surface area contributed by atoms with Crippen LogP contribution in [0.5, 0.6) is 0 Å². The molecule has 298 valence electrons. The first-order valence-electron chi connectivity index (χ1n) is 18.3. The topological polar surface area (TPSA) is 177 Å².